The van der Waals surface area contributed by atoms with Crippen molar-refractivity contribution in [2.75, 3.05) is 12.0 Å². The van der Waals surface area contributed by atoms with E-state index < -0.39 is 5.97 Å². The molecule has 6 heteroatoms. The fourth-order valence-electron chi connectivity index (χ4n) is 1.01. The van der Waals surface area contributed by atoms with Crippen LogP contribution < -0.4 is 10.9 Å². The molecule has 0 aliphatic heterocycles. The number of halogens is 2. The molecular formula is C11H12Cl2N2O2. The van der Waals surface area contributed by atoms with Gasteiger partial charge in [-0.2, -0.15) is 0 Å². The molecule has 0 spiro atoms. The first-order valence-electron chi connectivity index (χ1n) is 4.93. The van der Waals surface area contributed by atoms with Gasteiger partial charge in [-0.1, -0.05) is 23.2 Å². The quantitative estimate of drug-likeness (QED) is 0.492. The highest BCUT2D eigenvalue weighted by molar-refractivity contribution is 6.36. The minimum atomic E-state index is -0.413. The SMILES string of the molecule is CCOC(=O)C=CNNc1ccc(Cl)cc1Cl. The van der Waals surface area contributed by atoms with Crippen molar-refractivity contribution >= 4 is 34.9 Å². The molecule has 0 atom stereocenters. The highest BCUT2D eigenvalue weighted by atomic mass is 35.5. The van der Waals surface area contributed by atoms with E-state index in [9.17, 15) is 4.79 Å². The van der Waals surface area contributed by atoms with Gasteiger partial charge >= 0.3 is 5.97 Å². The molecule has 0 saturated heterocycles. The topological polar surface area (TPSA) is 50.4 Å². The zero-order chi connectivity index (χ0) is 12.7. The van der Waals surface area contributed by atoms with Gasteiger partial charge in [0.15, 0.2) is 0 Å². The maximum absolute atomic E-state index is 10.9. The molecule has 2 N–H and O–H groups in total. The van der Waals surface area contributed by atoms with Crippen LogP contribution in [0.15, 0.2) is 30.5 Å². The molecule has 1 rings (SSSR count). The van der Waals surface area contributed by atoms with E-state index in [-0.39, 0.29) is 0 Å². The third-order valence-corrected chi connectivity index (χ3v) is 2.28. The van der Waals surface area contributed by atoms with Gasteiger partial charge in [-0.05, 0) is 25.1 Å². The number of carbonyl (C=O) groups excluding carboxylic acids is 1. The van der Waals surface area contributed by atoms with Crippen molar-refractivity contribution in [3.63, 3.8) is 0 Å². The van der Waals surface area contributed by atoms with Gasteiger partial charge in [0.05, 0.1) is 17.3 Å². The Morgan fingerprint density at radius 2 is 2.24 bits per heavy atom. The van der Waals surface area contributed by atoms with Crippen LogP contribution in [-0.2, 0) is 9.53 Å². The lowest BCUT2D eigenvalue weighted by Gasteiger charge is -2.07. The van der Waals surface area contributed by atoms with Crippen LogP contribution >= 0.6 is 23.2 Å². The van der Waals surface area contributed by atoms with Crippen molar-refractivity contribution in [3.8, 4) is 0 Å². The van der Waals surface area contributed by atoms with Gasteiger partial charge < -0.3 is 10.2 Å². The molecule has 0 saturated carbocycles. The highest BCUT2D eigenvalue weighted by Crippen LogP contribution is 2.24. The van der Waals surface area contributed by atoms with Crippen LogP contribution in [0.1, 0.15) is 6.92 Å². The number of hydrogen-bond acceptors (Lipinski definition) is 4. The normalized spacial score (nSPS) is 10.3. The number of carbonyl (C=O) groups is 1. The van der Waals surface area contributed by atoms with Gasteiger partial charge in [-0.3, -0.25) is 5.43 Å². The Kier molecular flexibility index (Phi) is 5.66. The summed E-state index contributed by atoms with van der Waals surface area (Å²) in [5, 5.41) is 1.04. The summed E-state index contributed by atoms with van der Waals surface area (Å²) in [7, 11) is 0. The summed E-state index contributed by atoms with van der Waals surface area (Å²) in [6.07, 6.45) is 2.68. The molecule has 0 bridgehead atoms. The summed E-state index contributed by atoms with van der Waals surface area (Å²) in [5.74, 6) is -0.413. The number of hydrogen-bond donors (Lipinski definition) is 2. The average molecular weight is 275 g/mol. The minimum absolute atomic E-state index is 0.347. The Bertz CT molecular complexity index is 422. The lowest BCUT2D eigenvalue weighted by molar-refractivity contribution is -0.137. The molecule has 4 nitrogen and oxygen atoms in total. The molecule has 0 heterocycles. The smallest absolute Gasteiger partial charge is 0.332 e. The second-order valence-corrected chi connectivity index (χ2v) is 3.82. The number of anilines is 1. The molecule has 0 amide bonds. The van der Waals surface area contributed by atoms with Gasteiger partial charge in [0.2, 0.25) is 0 Å². The summed E-state index contributed by atoms with van der Waals surface area (Å²) >= 11 is 11.7. The third-order valence-electron chi connectivity index (χ3n) is 1.73. The summed E-state index contributed by atoms with van der Waals surface area (Å²) in [4.78, 5) is 10.9. The van der Waals surface area contributed by atoms with E-state index in [0.717, 1.165) is 0 Å². The Labute approximate surface area is 110 Å². The van der Waals surface area contributed by atoms with E-state index in [0.29, 0.717) is 22.3 Å². The number of benzene rings is 1. The number of esters is 1. The first kappa shape index (κ1) is 13.7. The zero-order valence-electron chi connectivity index (χ0n) is 9.17. The zero-order valence-corrected chi connectivity index (χ0v) is 10.7. The Balaban J connectivity index is 2.43. The van der Waals surface area contributed by atoms with E-state index in [1.54, 1.807) is 25.1 Å². The lowest BCUT2D eigenvalue weighted by atomic mass is 10.3. The molecule has 0 unspecified atom stereocenters. The number of rotatable bonds is 5. The number of hydrazine groups is 1. The number of ether oxygens (including phenoxy) is 1. The molecule has 1 aromatic carbocycles. The molecule has 0 aromatic heterocycles. The van der Waals surface area contributed by atoms with Crippen molar-refractivity contribution in [3.05, 3.63) is 40.5 Å². The summed E-state index contributed by atoms with van der Waals surface area (Å²) in [6, 6.07) is 5.03. The second kappa shape index (κ2) is 7.04. The molecular weight excluding hydrogens is 263 g/mol. The van der Waals surface area contributed by atoms with E-state index in [2.05, 4.69) is 10.9 Å². The van der Waals surface area contributed by atoms with Crippen molar-refractivity contribution < 1.29 is 9.53 Å². The van der Waals surface area contributed by atoms with Crippen LogP contribution in [0.2, 0.25) is 10.0 Å². The van der Waals surface area contributed by atoms with Crippen molar-refractivity contribution in [1.82, 2.24) is 5.43 Å². The van der Waals surface area contributed by atoms with Crippen LogP contribution in [-0.4, -0.2) is 12.6 Å². The van der Waals surface area contributed by atoms with Gasteiger partial charge in [0.1, 0.15) is 0 Å². The predicted molar refractivity (Wildman–Crippen MR) is 69.0 cm³/mol. The van der Waals surface area contributed by atoms with Gasteiger partial charge in [0.25, 0.3) is 0 Å². The minimum Gasteiger partial charge on any atom is -0.463 e. The number of nitrogens with one attached hydrogen (secondary N) is 2. The first-order chi connectivity index (χ1) is 8.13. The lowest BCUT2D eigenvalue weighted by Crippen LogP contribution is -2.15. The molecule has 1 aromatic rings. The van der Waals surface area contributed by atoms with E-state index in [4.69, 9.17) is 27.9 Å². The highest BCUT2D eigenvalue weighted by Gasteiger charge is 1.99. The maximum atomic E-state index is 10.9. The average Bonchev–Trinajstić information content (AvgIpc) is 2.27. The van der Waals surface area contributed by atoms with Gasteiger partial charge in [0, 0.05) is 17.3 Å². The Morgan fingerprint density at radius 1 is 1.47 bits per heavy atom. The van der Waals surface area contributed by atoms with Crippen LogP contribution in [0, 0.1) is 0 Å². The third kappa shape index (κ3) is 4.97. The fourth-order valence-corrected chi connectivity index (χ4v) is 1.47. The summed E-state index contributed by atoms with van der Waals surface area (Å²) < 4.78 is 4.70. The van der Waals surface area contributed by atoms with Crippen molar-refractivity contribution in [2.24, 2.45) is 0 Å². The van der Waals surface area contributed by atoms with Crippen LogP contribution in [0.25, 0.3) is 0 Å². The maximum Gasteiger partial charge on any atom is 0.332 e. The molecule has 0 aliphatic rings. The standard InChI is InChI=1S/C11H12Cl2N2O2/c1-2-17-11(16)5-6-14-15-10-4-3-8(12)7-9(10)13/h3-7,14-15H,2H2,1H3. The van der Waals surface area contributed by atoms with Crippen molar-refractivity contribution in [2.45, 2.75) is 6.92 Å². The van der Waals surface area contributed by atoms with Crippen LogP contribution in [0.3, 0.4) is 0 Å². The Morgan fingerprint density at radius 3 is 2.88 bits per heavy atom. The fraction of sp³-hybridized carbons (Fsp3) is 0.182. The van der Waals surface area contributed by atoms with E-state index in [1.807, 2.05) is 0 Å². The van der Waals surface area contributed by atoms with Gasteiger partial charge in [-0.25, -0.2) is 4.79 Å². The molecule has 0 fully saturated rings. The van der Waals surface area contributed by atoms with Crippen LogP contribution in [0.5, 0.6) is 0 Å². The first-order valence-corrected chi connectivity index (χ1v) is 5.69. The Hall–Kier alpha value is -1.39. The molecule has 0 aliphatic carbocycles. The second-order valence-electron chi connectivity index (χ2n) is 2.98. The molecule has 17 heavy (non-hydrogen) atoms. The summed E-state index contributed by atoms with van der Waals surface area (Å²) in [5.41, 5.74) is 6.15. The van der Waals surface area contributed by atoms with Gasteiger partial charge in [-0.15, -0.1) is 0 Å². The molecule has 92 valence electrons. The monoisotopic (exact) mass is 274 g/mol. The van der Waals surface area contributed by atoms with E-state index in [1.165, 1.54) is 12.3 Å². The summed E-state index contributed by atoms with van der Waals surface area (Å²) in [6.45, 7) is 2.09. The predicted octanol–water partition coefficient (Wildman–Crippen LogP) is 2.99. The molecule has 0 radical (unpaired) electrons. The van der Waals surface area contributed by atoms with E-state index >= 15 is 0 Å². The largest absolute Gasteiger partial charge is 0.463 e. The van der Waals surface area contributed by atoms with Crippen LogP contribution in [0.4, 0.5) is 5.69 Å². The van der Waals surface area contributed by atoms with Crippen molar-refractivity contribution in [1.29, 1.82) is 0 Å².